The molecule has 4 aliphatic carbocycles. The zero-order valence-corrected chi connectivity index (χ0v) is 21.3. The van der Waals surface area contributed by atoms with Crippen LogP contribution in [0.3, 0.4) is 0 Å². The Morgan fingerprint density at radius 2 is 1.74 bits per heavy atom. The summed E-state index contributed by atoms with van der Waals surface area (Å²) in [6.45, 7) is 16.3. The number of aliphatic hydroxyl groups excluding tert-OH is 1. The van der Waals surface area contributed by atoms with E-state index in [0.29, 0.717) is 23.0 Å². The summed E-state index contributed by atoms with van der Waals surface area (Å²) in [7, 11) is 0. The highest BCUT2D eigenvalue weighted by atomic mass is 16.3. The van der Waals surface area contributed by atoms with Gasteiger partial charge in [0.15, 0.2) is 0 Å². The van der Waals surface area contributed by atoms with E-state index in [4.69, 9.17) is 0 Å². The van der Waals surface area contributed by atoms with Crippen LogP contribution in [0.15, 0.2) is 11.6 Å². The van der Waals surface area contributed by atoms with E-state index < -0.39 is 0 Å². The molecule has 0 aromatic carbocycles. The van der Waals surface area contributed by atoms with Crippen LogP contribution in [0.1, 0.15) is 106 Å². The van der Waals surface area contributed by atoms with Gasteiger partial charge in [0.2, 0.25) is 0 Å². The van der Waals surface area contributed by atoms with E-state index in [1.807, 2.05) is 0 Å². The molecule has 4 aliphatic rings. The Bertz CT molecular complexity index is 733. The molecule has 3 saturated carbocycles. The van der Waals surface area contributed by atoms with Gasteiger partial charge in [0.25, 0.3) is 0 Å². The summed E-state index contributed by atoms with van der Waals surface area (Å²) in [6, 6.07) is 0. The van der Waals surface area contributed by atoms with Crippen LogP contribution in [0.2, 0.25) is 0 Å². The number of ketones is 1. The summed E-state index contributed by atoms with van der Waals surface area (Å²) < 4.78 is 0. The van der Waals surface area contributed by atoms with Crippen molar-refractivity contribution in [1.82, 2.24) is 0 Å². The molecule has 0 heterocycles. The van der Waals surface area contributed by atoms with Gasteiger partial charge in [0.05, 0.1) is 6.10 Å². The van der Waals surface area contributed by atoms with E-state index in [2.05, 4.69) is 54.5 Å². The monoisotopic (exact) mass is 428 g/mol. The second-order valence-corrected chi connectivity index (χ2v) is 13.3. The van der Waals surface area contributed by atoms with Crippen LogP contribution >= 0.6 is 0 Å². The number of rotatable bonds is 5. The maximum Gasteiger partial charge on any atom is 0.136 e. The summed E-state index contributed by atoms with van der Waals surface area (Å²) in [5.41, 5.74) is 2.05. The Balaban J connectivity index is 1.56. The van der Waals surface area contributed by atoms with Gasteiger partial charge in [0.1, 0.15) is 5.78 Å². The van der Waals surface area contributed by atoms with Crippen LogP contribution < -0.4 is 0 Å². The zero-order chi connectivity index (χ0) is 22.8. The quantitative estimate of drug-likeness (QED) is 0.470. The Labute approximate surface area is 191 Å². The molecular formula is C29H48O2. The minimum Gasteiger partial charge on any atom is -0.392 e. The predicted octanol–water partition coefficient (Wildman–Crippen LogP) is 7.20. The standard InChI is InChI=1S/C29H48O2/c1-18(2)8-12-24(30)19(3)21-10-11-22-20-9-13-25-27(4,5)26(31)15-17-29(25,7)23(20)14-16-28(21,22)6/h13,18-23,26,31H,8-12,14-17H2,1-7H3/t19-,20-,21+,22-,23-,26?,28+,29+/m0/s1. The highest BCUT2D eigenvalue weighted by Crippen LogP contribution is 2.68. The van der Waals surface area contributed by atoms with E-state index >= 15 is 0 Å². The third-order valence-corrected chi connectivity index (χ3v) is 11.1. The van der Waals surface area contributed by atoms with Crippen LogP contribution in [0.25, 0.3) is 0 Å². The SMILES string of the molecule is CC(C)CCC(=O)[C@@H](C)[C@H]1CC[C@H]2[C@@H]3CC=C4C(C)(C)C(O)CC[C@]4(C)[C@H]3CC[C@]12C. The summed E-state index contributed by atoms with van der Waals surface area (Å²) >= 11 is 0. The molecular weight excluding hydrogens is 380 g/mol. The Morgan fingerprint density at radius 3 is 2.42 bits per heavy atom. The molecule has 1 N–H and O–H groups in total. The fourth-order valence-corrected chi connectivity index (χ4v) is 9.13. The van der Waals surface area contributed by atoms with Crippen molar-refractivity contribution in [3.05, 3.63) is 11.6 Å². The number of carbonyl (C=O) groups excluding carboxylic acids is 1. The van der Waals surface area contributed by atoms with Crippen LogP contribution in [0, 0.1) is 51.8 Å². The zero-order valence-electron chi connectivity index (χ0n) is 21.3. The fraction of sp³-hybridized carbons (Fsp3) is 0.897. The number of hydrogen-bond donors (Lipinski definition) is 1. The molecule has 176 valence electrons. The summed E-state index contributed by atoms with van der Waals surface area (Å²) in [6.07, 6.45) is 12.6. The molecule has 0 aliphatic heterocycles. The Kier molecular flexibility index (Phi) is 6.07. The summed E-state index contributed by atoms with van der Waals surface area (Å²) in [4.78, 5) is 13.0. The van der Waals surface area contributed by atoms with Gasteiger partial charge in [-0.05, 0) is 91.8 Å². The second-order valence-electron chi connectivity index (χ2n) is 13.3. The normalized spacial score (nSPS) is 44.8. The van der Waals surface area contributed by atoms with Crippen molar-refractivity contribution in [2.24, 2.45) is 51.8 Å². The minimum atomic E-state index is -0.203. The Morgan fingerprint density at radius 1 is 1.03 bits per heavy atom. The largest absolute Gasteiger partial charge is 0.392 e. The van der Waals surface area contributed by atoms with Gasteiger partial charge in [0, 0.05) is 17.8 Å². The highest BCUT2D eigenvalue weighted by Gasteiger charge is 2.61. The third-order valence-electron chi connectivity index (χ3n) is 11.1. The van der Waals surface area contributed by atoms with Gasteiger partial charge in [-0.2, -0.15) is 0 Å². The lowest BCUT2D eigenvalue weighted by Gasteiger charge is -2.61. The van der Waals surface area contributed by atoms with Crippen molar-refractivity contribution in [3.8, 4) is 0 Å². The van der Waals surface area contributed by atoms with Gasteiger partial charge in [-0.1, -0.05) is 60.1 Å². The van der Waals surface area contributed by atoms with Gasteiger partial charge < -0.3 is 5.11 Å². The molecule has 0 saturated heterocycles. The molecule has 8 atom stereocenters. The van der Waals surface area contributed by atoms with Crippen molar-refractivity contribution in [2.45, 2.75) is 112 Å². The molecule has 0 bridgehead atoms. The fourth-order valence-electron chi connectivity index (χ4n) is 9.13. The van der Waals surface area contributed by atoms with Crippen LogP contribution in [0.4, 0.5) is 0 Å². The van der Waals surface area contributed by atoms with Crippen molar-refractivity contribution >= 4 is 5.78 Å². The molecule has 4 rings (SSSR count). The average molecular weight is 429 g/mol. The lowest BCUT2D eigenvalue weighted by Crippen LogP contribution is -2.54. The highest BCUT2D eigenvalue weighted by molar-refractivity contribution is 5.81. The molecule has 0 radical (unpaired) electrons. The van der Waals surface area contributed by atoms with Gasteiger partial charge >= 0.3 is 0 Å². The number of aliphatic hydroxyl groups is 1. The van der Waals surface area contributed by atoms with Crippen LogP contribution in [-0.2, 0) is 4.79 Å². The summed E-state index contributed by atoms with van der Waals surface area (Å²) in [5.74, 6) is 4.20. The molecule has 3 fully saturated rings. The molecule has 1 unspecified atom stereocenters. The molecule has 0 spiro atoms. The van der Waals surface area contributed by atoms with Gasteiger partial charge in [-0.3, -0.25) is 4.79 Å². The molecule has 0 aromatic rings. The van der Waals surface area contributed by atoms with E-state index in [-0.39, 0.29) is 22.9 Å². The number of Topliss-reactive ketones (excluding diaryl/α,β-unsaturated/α-hetero) is 1. The Hall–Kier alpha value is -0.630. The predicted molar refractivity (Wildman–Crippen MR) is 129 cm³/mol. The maximum atomic E-state index is 13.0. The molecule has 0 amide bonds. The van der Waals surface area contributed by atoms with Crippen molar-refractivity contribution in [1.29, 1.82) is 0 Å². The van der Waals surface area contributed by atoms with Crippen LogP contribution in [-0.4, -0.2) is 17.0 Å². The lowest BCUT2D eigenvalue weighted by atomic mass is 9.44. The van der Waals surface area contributed by atoms with Crippen molar-refractivity contribution in [3.63, 3.8) is 0 Å². The maximum absolute atomic E-state index is 13.0. The number of carbonyl (C=O) groups is 1. The minimum absolute atomic E-state index is 0.0890. The third kappa shape index (κ3) is 3.58. The van der Waals surface area contributed by atoms with E-state index in [9.17, 15) is 9.90 Å². The first-order valence-corrected chi connectivity index (χ1v) is 13.3. The summed E-state index contributed by atoms with van der Waals surface area (Å²) in [5, 5.41) is 10.7. The molecule has 2 nitrogen and oxygen atoms in total. The molecule has 0 aromatic heterocycles. The lowest BCUT2D eigenvalue weighted by molar-refractivity contribution is -0.127. The second kappa shape index (κ2) is 8.00. The van der Waals surface area contributed by atoms with Gasteiger partial charge in [-0.25, -0.2) is 0 Å². The van der Waals surface area contributed by atoms with Crippen molar-refractivity contribution < 1.29 is 9.90 Å². The van der Waals surface area contributed by atoms with E-state index in [0.717, 1.165) is 43.4 Å². The first-order valence-electron chi connectivity index (χ1n) is 13.3. The number of fused-ring (bicyclic) bond motifs is 5. The number of allylic oxidation sites excluding steroid dienone is 1. The number of hydrogen-bond acceptors (Lipinski definition) is 2. The first kappa shape index (κ1) is 23.5. The topological polar surface area (TPSA) is 37.3 Å². The molecule has 31 heavy (non-hydrogen) atoms. The van der Waals surface area contributed by atoms with Gasteiger partial charge in [-0.15, -0.1) is 0 Å². The smallest absolute Gasteiger partial charge is 0.136 e. The average Bonchev–Trinajstić information content (AvgIpc) is 3.06. The molecule has 2 heteroatoms. The van der Waals surface area contributed by atoms with Crippen molar-refractivity contribution in [2.75, 3.05) is 0 Å². The van der Waals surface area contributed by atoms with E-state index in [1.165, 1.54) is 32.1 Å². The van der Waals surface area contributed by atoms with E-state index in [1.54, 1.807) is 5.57 Å². The first-order chi connectivity index (χ1) is 14.4. The van der Waals surface area contributed by atoms with Crippen LogP contribution in [0.5, 0.6) is 0 Å².